The van der Waals surface area contributed by atoms with E-state index in [-0.39, 0.29) is 24.0 Å². The Bertz CT molecular complexity index is 814. The summed E-state index contributed by atoms with van der Waals surface area (Å²) in [5.74, 6) is 3.55. The van der Waals surface area contributed by atoms with Gasteiger partial charge in [0, 0.05) is 32.7 Å². The number of morpholine rings is 1. The van der Waals surface area contributed by atoms with E-state index in [1.165, 1.54) is 0 Å². The molecule has 1 aliphatic heterocycles. The minimum atomic E-state index is 0. The Morgan fingerprint density at radius 2 is 2.00 bits per heavy atom. The number of guanidine groups is 1. The second kappa shape index (κ2) is 13.0. The lowest BCUT2D eigenvalue weighted by Crippen LogP contribution is -2.40. The van der Waals surface area contributed by atoms with Crippen molar-refractivity contribution in [1.82, 2.24) is 35.5 Å². The van der Waals surface area contributed by atoms with Crippen molar-refractivity contribution in [1.29, 1.82) is 0 Å². The van der Waals surface area contributed by atoms with Crippen molar-refractivity contribution in [3.63, 3.8) is 0 Å². The highest BCUT2D eigenvalue weighted by molar-refractivity contribution is 14.0. The average Bonchev–Trinajstić information content (AvgIpc) is 3.35. The number of hydrogen-bond donors (Lipinski definition) is 2. The molecule has 0 spiro atoms. The molecule has 31 heavy (non-hydrogen) atoms. The van der Waals surface area contributed by atoms with Crippen LogP contribution in [0.25, 0.3) is 0 Å². The van der Waals surface area contributed by atoms with Gasteiger partial charge >= 0.3 is 0 Å². The first kappa shape index (κ1) is 25.5. The summed E-state index contributed by atoms with van der Waals surface area (Å²) >= 11 is 0. The van der Waals surface area contributed by atoms with Gasteiger partial charge in [-0.15, -0.1) is 34.2 Å². The molecule has 3 heterocycles. The van der Waals surface area contributed by atoms with Gasteiger partial charge in [0.1, 0.15) is 12.4 Å². The Hall–Kier alpha value is -1.73. The zero-order valence-electron chi connectivity index (χ0n) is 18.9. The number of rotatable bonds is 9. The SMILES string of the molecule is Cc1nnc(CN=C(NCCCN2CCOCC2)NCc2cc(C(C)C)no2)n1C.I. The lowest BCUT2D eigenvalue weighted by molar-refractivity contribution is 0.0376. The third kappa shape index (κ3) is 8.04. The van der Waals surface area contributed by atoms with Crippen LogP contribution in [-0.4, -0.2) is 70.2 Å². The van der Waals surface area contributed by atoms with Gasteiger partial charge in [-0.25, -0.2) is 4.99 Å². The molecule has 0 aliphatic carbocycles. The first-order valence-electron chi connectivity index (χ1n) is 10.7. The van der Waals surface area contributed by atoms with Crippen molar-refractivity contribution >= 4 is 29.9 Å². The first-order valence-corrected chi connectivity index (χ1v) is 10.7. The third-order valence-corrected chi connectivity index (χ3v) is 5.21. The number of aryl methyl sites for hydroxylation is 1. The van der Waals surface area contributed by atoms with Crippen molar-refractivity contribution in [3.05, 3.63) is 29.2 Å². The topological polar surface area (TPSA) is 106 Å². The molecule has 1 saturated heterocycles. The van der Waals surface area contributed by atoms with Crippen LogP contribution in [-0.2, 0) is 24.9 Å². The predicted octanol–water partition coefficient (Wildman–Crippen LogP) is 1.81. The number of nitrogens with one attached hydrogen (secondary N) is 2. The Morgan fingerprint density at radius 3 is 2.65 bits per heavy atom. The Morgan fingerprint density at radius 1 is 1.23 bits per heavy atom. The minimum Gasteiger partial charge on any atom is -0.379 e. The highest BCUT2D eigenvalue weighted by Gasteiger charge is 2.11. The average molecular weight is 546 g/mol. The maximum atomic E-state index is 5.43. The molecule has 174 valence electrons. The second-order valence-electron chi connectivity index (χ2n) is 7.85. The van der Waals surface area contributed by atoms with Gasteiger partial charge in [-0.3, -0.25) is 4.90 Å². The van der Waals surface area contributed by atoms with E-state index in [4.69, 9.17) is 9.26 Å². The van der Waals surface area contributed by atoms with Crippen LogP contribution in [0.15, 0.2) is 15.6 Å². The molecule has 2 N–H and O–H groups in total. The summed E-state index contributed by atoms with van der Waals surface area (Å²) in [6, 6.07) is 1.99. The summed E-state index contributed by atoms with van der Waals surface area (Å²) in [5.41, 5.74) is 0.957. The van der Waals surface area contributed by atoms with Crippen LogP contribution < -0.4 is 10.6 Å². The highest BCUT2D eigenvalue weighted by Crippen LogP contribution is 2.13. The van der Waals surface area contributed by atoms with Gasteiger partial charge in [0.25, 0.3) is 0 Å². The van der Waals surface area contributed by atoms with Crippen LogP contribution in [0.3, 0.4) is 0 Å². The van der Waals surface area contributed by atoms with Crippen molar-refractivity contribution < 1.29 is 9.26 Å². The maximum absolute atomic E-state index is 5.43. The molecule has 0 bridgehead atoms. The number of nitrogens with zero attached hydrogens (tertiary/aromatic N) is 6. The van der Waals surface area contributed by atoms with Crippen LogP contribution in [0.2, 0.25) is 0 Å². The summed E-state index contributed by atoms with van der Waals surface area (Å²) in [5, 5.41) is 19.2. The predicted molar refractivity (Wildman–Crippen MR) is 130 cm³/mol. The van der Waals surface area contributed by atoms with Crippen LogP contribution in [0, 0.1) is 6.92 Å². The molecular weight excluding hydrogens is 511 g/mol. The van der Waals surface area contributed by atoms with E-state index in [0.29, 0.717) is 19.0 Å². The molecule has 2 aromatic heterocycles. The molecule has 0 radical (unpaired) electrons. The zero-order valence-corrected chi connectivity index (χ0v) is 21.3. The van der Waals surface area contributed by atoms with E-state index in [1.54, 1.807) is 0 Å². The molecule has 0 aromatic carbocycles. The lowest BCUT2D eigenvalue weighted by atomic mass is 10.1. The van der Waals surface area contributed by atoms with Gasteiger partial charge in [0.2, 0.25) is 0 Å². The number of aliphatic imine (C=N–C) groups is 1. The van der Waals surface area contributed by atoms with Crippen LogP contribution >= 0.6 is 24.0 Å². The van der Waals surface area contributed by atoms with Gasteiger partial charge in [-0.05, 0) is 25.8 Å². The van der Waals surface area contributed by atoms with Gasteiger partial charge in [0.15, 0.2) is 17.5 Å². The Labute approximate surface area is 201 Å². The Kier molecular flexibility index (Phi) is 10.7. The molecule has 1 fully saturated rings. The summed E-state index contributed by atoms with van der Waals surface area (Å²) in [6.45, 7) is 12.6. The minimum absolute atomic E-state index is 0. The standard InChI is InChI=1S/C20H34N8O2.HI/c1-15(2)18-12-17(30-26-18)13-22-20(23-14-19-25-24-16(3)27(19)4)21-6-5-7-28-8-10-29-11-9-28;/h12,15H,5-11,13-14H2,1-4H3,(H2,21,22,23);1H. The molecule has 0 unspecified atom stereocenters. The van der Waals surface area contributed by atoms with Gasteiger partial charge in [-0.2, -0.15) is 0 Å². The summed E-state index contributed by atoms with van der Waals surface area (Å²) in [4.78, 5) is 7.12. The number of aromatic nitrogens is 4. The fourth-order valence-electron chi connectivity index (χ4n) is 3.10. The summed E-state index contributed by atoms with van der Waals surface area (Å²) in [7, 11) is 1.95. The van der Waals surface area contributed by atoms with Crippen LogP contribution in [0.4, 0.5) is 0 Å². The van der Waals surface area contributed by atoms with Crippen molar-refractivity contribution in [2.24, 2.45) is 12.0 Å². The summed E-state index contributed by atoms with van der Waals surface area (Å²) in [6.07, 6.45) is 1.03. The number of ether oxygens (including phenoxy) is 1. The fraction of sp³-hybridized carbons (Fsp3) is 0.700. The van der Waals surface area contributed by atoms with E-state index < -0.39 is 0 Å². The van der Waals surface area contributed by atoms with Gasteiger partial charge < -0.3 is 24.5 Å². The molecule has 2 aromatic rings. The first-order chi connectivity index (χ1) is 14.5. The molecule has 11 heteroatoms. The van der Waals surface area contributed by atoms with Crippen molar-refractivity contribution in [2.75, 3.05) is 39.4 Å². The molecule has 0 amide bonds. The van der Waals surface area contributed by atoms with E-state index in [0.717, 1.165) is 74.9 Å². The molecule has 0 atom stereocenters. The van der Waals surface area contributed by atoms with Crippen LogP contribution in [0.1, 0.15) is 49.3 Å². The largest absolute Gasteiger partial charge is 0.379 e. The van der Waals surface area contributed by atoms with E-state index >= 15 is 0 Å². The van der Waals surface area contributed by atoms with Gasteiger partial charge in [-0.1, -0.05) is 19.0 Å². The van der Waals surface area contributed by atoms with Crippen molar-refractivity contribution in [3.8, 4) is 0 Å². The zero-order chi connectivity index (χ0) is 21.3. The monoisotopic (exact) mass is 546 g/mol. The molecule has 10 nitrogen and oxygen atoms in total. The fourth-order valence-corrected chi connectivity index (χ4v) is 3.10. The molecule has 0 saturated carbocycles. The van der Waals surface area contributed by atoms with E-state index in [1.807, 2.05) is 24.6 Å². The second-order valence-corrected chi connectivity index (χ2v) is 7.85. The smallest absolute Gasteiger partial charge is 0.192 e. The maximum Gasteiger partial charge on any atom is 0.192 e. The normalized spacial score (nSPS) is 15.2. The molecule has 1 aliphatic rings. The molecule has 3 rings (SSSR count). The van der Waals surface area contributed by atoms with Crippen molar-refractivity contribution in [2.45, 2.75) is 46.2 Å². The van der Waals surface area contributed by atoms with E-state index in [2.05, 4.69) is 49.7 Å². The summed E-state index contributed by atoms with van der Waals surface area (Å²) < 4.78 is 12.8. The lowest BCUT2D eigenvalue weighted by Gasteiger charge is -2.26. The molecular formula is C20H35IN8O2. The number of halogens is 1. The quantitative estimate of drug-likeness (QED) is 0.213. The van der Waals surface area contributed by atoms with E-state index in [9.17, 15) is 0 Å². The highest BCUT2D eigenvalue weighted by atomic mass is 127. The van der Waals surface area contributed by atoms with Crippen LogP contribution in [0.5, 0.6) is 0 Å². The third-order valence-electron chi connectivity index (χ3n) is 5.21. The Balaban J connectivity index is 0.00000341. The number of hydrogen-bond acceptors (Lipinski definition) is 7. The van der Waals surface area contributed by atoms with Gasteiger partial charge in [0.05, 0.1) is 25.5 Å².